The van der Waals surface area contributed by atoms with E-state index in [0.29, 0.717) is 11.5 Å². The third-order valence-electron chi connectivity index (χ3n) is 4.63. The van der Waals surface area contributed by atoms with E-state index in [0.717, 1.165) is 19.3 Å². The molecule has 0 heterocycles. The Hall–Kier alpha value is -1.31. The fourth-order valence-corrected chi connectivity index (χ4v) is 3.19. The van der Waals surface area contributed by atoms with Crippen LogP contribution in [0.4, 0.5) is 0 Å². The normalized spacial score (nSPS) is 22.0. The third-order valence-corrected chi connectivity index (χ3v) is 4.63. The summed E-state index contributed by atoms with van der Waals surface area (Å²) in [6.07, 6.45) is 9.40. The molecule has 1 fully saturated rings. The number of rotatable bonds is 6. The number of carbonyl (C=O) groups is 1. The second kappa shape index (κ2) is 8.21. The second-order valence-corrected chi connectivity index (χ2v) is 6.20. The molecule has 1 aliphatic rings. The fourth-order valence-electron chi connectivity index (χ4n) is 3.19. The summed E-state index contributed by atoms with van der Waals surface area (Å²) in [5, 5.41) is 0. The van der Waals surface area contributed by atoms with E-state index in [1.165, 1.54) is 37.7 Å². The minimum atomic E-state index is -0.151. The molecule has 0 spiro atoms. The van der Waals surface area contributed by atoms with Gasteiger partial charge in [0, 0.05) is 0 Å². The van der Waals surface area contributed by atoms with Crippen LogP contribution in [0.5, 0.6) is 0 Å². The van der Waals surface area contributed by atoms with Gasteiger partial charge in [-0.25, -0.2) is 4.79 Å². The van der Waals surface area contributed by atoms with Gasteiger partial charge in [0.1, 0.15) is 6.10 Å². The van der Waals surface area contributed by atoms with Crippen LogP contribution in [0.25, 0.3) is 0 Å². The van der Waals surface area contributed by atoms with Crippen LogP contribution in [-0.4, -0.2) is 12.1 Å². The van der Waals surface area contributed by atoms with E-state index in [1.54, 1.807) is 0 Å². The van der Waals surface area contributed by atoms with Gasteiger partial charge in [0.25, 0.3) is 0 Å². The SMILES string of the molecule is CCCCc1ccc(C(=O)OC2CCCCC2CC)cc1. The molecule has 116 valence electrons. The molecule has 0 aliphatic heterocycles. The smallest absolute Gasteiger partial charge is 0.338 e. The van der Waals surface area contributed by atoms with Gasteiger partial charge in [-0.05, 0) is 62.1 Å². The van der Waals surface area contributed by atoms with Gasteiger partial charge in [0.15, 0.2) is 0 Å². The third kappa shape index (κ3) is 4.59. The minimum absolute atomic E-state index is 0.121. The summed E-state index contributed by atoms with van der Waals surface area (Å²) in [4.78, 5) is 12.3. The molecule has 0 saturated heterocycles. The van der Waals surface area contributed by atoms with Gasteiger partial charge in [-0.3, -0.25) is 0 Å². The maximum Gasteiger partial charge on any atom is 0.338 e. The zero-order valence-electron chi connectivity index (χ0n) is 13.4. The second-order valence-electron chi connectivity index (χ2n) is 6.20. The molecule has 2 nitrogen and oxygen atoms in total. The summed E-state index contributed by atoms with van der Waals surface area (Å²) >= 11 is 0. The molecular weight excluding hydrogens is 260 g/mol. The molecule has 0 N–H and O–H groups in total. The summed E-state index contributed by atoms with van der Waals surface area (Å²) < 4.78 is 5.76. The Kier molecular flexibility index (Phi) is 6.28. The van der Waals surface area contributed by atoms with Gasteiger partial charge in [-0.2, -0.15) is 0 Å². The lowest BCUT2D eigenvalue weighted by Crippen LogP contribution is -2.29. The van der Waals surface area contributed by atoms with E-state index in [-0.39, 0.29) is 12.1 Å². The van der Waals surface area contributed by atoms with Crippen LogP contribution < -0.4 is 0 Å². The monoisotopic (exact) mass is 288 g/mol. The maximum absolute atomic E-state index is 12.3. The molecule has 0 aromatic heterocycles. The van der Waals surface area contributed by atoms with Crippen molar-refractivity contribution in [1.82, 2.24) is 0 Å². The van der Waals surface area contributed by atoms with E-state index in [4.69, 9.17) is 4.74 Å². The summed E-state index contributed by atoms with van der Waals surface area (Å²) in [5.74, 6) is 0.397. The molecule has 2 unspecified atom stereocenters. The van der Waals surface area contributed by atoms with Crippen molar-refractivity contribution in [3.05, 3.63) is 35.4 Å². The molecular formula is C19H28O2. The highest BCUT2D eigenvalue weighted by molar-refractivity contribution is 5.89. The van der Waals surface area contributed by atoms with Crippen LogP contribution >= 0.6 is 0 Å². The van der Waals surface area contributed by atoms with Gasteiger partial charge >= 0.3 is 5.97 Å². The lowest BCUT2D eigenvalue weighted by atomic mass is 9.85. The van der Waals surface area contributed by atoms with Crippen molar-refractivity contribution < 1.29 is 9.53 Å². The van der Waals surface area contributed by atoms with E-state index in [9.17, 15) is 4.79 Å². The molecule has 2 atom stereocenters. The van der Waals surface area contributed by atoms with E-state index in [2.05, 4.69) is 26.0 Å². The molecule has 1 aromatic rings. The molecule has 2 heteroatoms. The fraction of sp³-hybridized carbons (Fsp3) is 0.632. The number of carbonyl (C=O) groups excluding carboxylic acids is 1. The molecule has 1 aromatic carbocycles. The Morgan fingerprint density at radius 1 is 1.14 bits per heavy atom. The summed E-state index contributed by atoms with van der Waals surface area (Å²) in [6, 6.07) is 7.95. The average molecular weight is 288 g/mol. The standard InChI is InChI=1S/C19H28O2/c1-3-5-8-15-11-13-17(14-12-15)19(20)21-18-10-7-6-9-16(18)4-2/h11-14,16,18H,3-10H2,1-2H3. The number of aryl methyl sites for hydroxylation is 1. The number of ether oxygens (including phenoxy) is 1. The van der Waals surface area contributed by atoms with Crippen molar-refractivity contribution in [2.45, 2.75) is 71.3 Å². The summed E-state index contributed by atoms with van der Waals surface area (Å²) in [5.41, 5.74) is 1.99. The van der Waals surface area contributed by atoms with Crippen molar-refractivity contribution in [3.63, 3.8) is 0 Å². The largest absolute Gasteiger partial charge is 0.458 e. The van der Waals surface area contributed by atoms with Crippen molar-refractivity contribution >= 4 is 5.97 Å². The predicted octanol–water partition coefficient (Wildman–Crippen LogP) is 5.15. The Labute approximate surface area is 128 Å². The maximum atomic E-state index is 12.3. The highest BCUT2D eigenvalue weighted by Gasteiger charge is 2.27. The van der Waals surface area contributed by atoms with E-state index in [1.807, 2.05) is 12.1 Å². The van der Waals surface area contributed by atoms with E-state index < -0.39 is 0 Å². The molecule has 0 amide bonds. The first-order valence-corrected chi connectivity index (χ1v) is 8.54. The van der Waals surface area contributed by atoms with Gasteiger partial charge < -0.3 is 4.74 Å². The number of hydrogen-bond donors (Lipinski definition) is 0. The number of hydrogen-bond acceptors (Lipinski definition) is 2. The minimum Gasteiger partial charge on any atom is -0.458 e. The number of esters is 1. The topological polar surface area (TPSA) is 26.3 Å². The highest BCUT2D eigenvalue weighted by atomic mass is 16.5. The Morgan fingerprint density at radius 3 is 2.52 bits per heavy atom. The number of benzene rings is 1. The van der Waals surface area contributed by atoms with Crippen molar-refractivity contribution in [2.75, 3.05) is 0 Å². The average Bonchev–Trinajstić information content (AvgIpc) is 2.54. The van der Waals surface area contributed by atoms with Crippen LogP contribution in [0.1, 0.15) is 74.7 Å². The van der Waals surface area contributed by atoms with Gasteiger partial charge in [-0.1, -0.05) is 38.8 Å². The quantitative estimate of drug-likeness (QED) is 0.676. The molecule has 0 bridgehead atoms. The van der Waals surface area contributed by atoms with Crippen LogP contribution in [0.2, 0.25) is 0 Å². The summed E-state index contributed by atoms with van der Waals surface area (Å²) in [6.45, 7) is 4.39. The van der Waals surface area contributed by atoms with Crippen molar-refractivity contribution in [2.24, 2.45) is 5.92 Å². The van der Waals surface area contributed by atoms with Crippen molar-refractivity contribution in [1.29, 1.82) is 0 Å². The zero-order valence-corrected chi connectivity index (χ0v) is 13.4. The Bertz CT molecular complexity index is 435. The van der Waals surface area contributed by atoms with Gasteiger partial charge in [-0.15, -0.1) is 0 Å². The first kappa shape index (κ1) is 16.1. The predicted molar refractivity (Wildman–Crippen MR) is 86.5 cm³/mol. The molecule has 1 saturated carbocycles. The van der Waals surface area contributed by atoms with Crippen LogP contribution in [0, 0.1) is 5.92 Å². The first-order chi connectivity index (χ1) is 10.2. The van der Waals surface area contributed by atoms with Crippen LogP contribution in [-0.2, 0) is 11.2 Å². The highest BCUT2D eigenvalue weighted by Crippen LogP contribution is 2.29. The van der Waals surface area contributed by atoms with Crippen molar-refractivity contribution in [3.8, 4) is 0 Å². The van der Waals surface area contributed by atoms with Crippen LogP contribution in [0.15, 0.2) is 24.3 Å². The number of unbranched alkanes of at least 4 members (excludes halogenated alkanes) is 1. The molecule has 1 aliphatic carbocycles. The Balaban J connectivity index is 1.93. The van der Waals surface area contributed by atoms with Crippen LogP contribution in [0.3, 0.4) is 0 Å². The first-order valence-electron chi connectivity index (χ1n) is 8.54. The van der Waals surface area contributed by atoms with E-state index >= 15 is 0 Å². The Morgan fingerprint density at radius 2 is 1.86 bits per heavy atom. The lowest BCUT2D eigenvalue weighted by molar-refractivity contribution is 0.000709. The summed E-state index contributed by atoms with van der Waals surface area (Å²) in [7, 11) is 0. The molecule has 21 heavy (non-hydrogen) atoms. The zero-order chi connectivity index (χ0) is 15.1. The van der Waals surface area contributed by atoms with Gasteiger partial charge in [0.05, 0.1) is 5.56 Å². The molecule has 2 rings (SSSR count). The van der Waals surface area contributed by atoms with Gasteiger partial charge in [0.2, 0.25) is 0 Å². The molecule has 0 radical (unpaired) electrons. The lowest BCUT2D eigenvalue weighted by Gasteiger charge is -2.30.